The summed E-state index contributed by atoms with van der Waals surface area (Å²) in [6.45, 7) is 2.12. The summed E-state index contributed by atoms with van der Waals surface area (Å²) in [5, 5.41) is 9.62. The molecule has 0 aliphatic carbocycles. The molecule has 0 radical (unpaired) electrons. The summed E-state index contributed by atoms with van der Waals surface area (Å²) in [6.07, 6.45) is 0. The number of anilines is 1. The molecule has 0 saturated carbocycles. The Labute approximate surface area is 147 Å². The van der Waals surface area contributed by atoms with Gasteiger partial charge in [0.05, 0.1) is 5.69 Å². The molecule has 0 spiro atoms. The highest BCUT2D eigenvalue weighted by Crippen LogP contribution is 2.33. The smallest absolute Gasteiger partial charge is 0.264 e. The highest BCUT2D eigenvalue weighted by molar-refractivity contribution is 6.01. The zero-order chi connectivity index (χ0) is 18.1. The number of hydrogen-bond acceptors (Lipinski definition) is 5. The van der Waals surface area contributed by atoms with Crippen molar-refractivity contribution in [3.8, 4) is 5.75 Å². The van der Waals surface area contributed by atoms with E-state index < -0.39 is 0 Å². The number of rotatable bonds is 4. The molecule has 2 amide bonds. The minimum Gasteiger partial charge on any atom is -0.482 e. The third kappa shape index (κ3) is 3.48. The Morgan fingerprint density at radius 3 is 2.72 bits per heavy atom. The van der Waals surface area contributed by atoms with Crippen LogP contribution in [0.3, 0.4) is 0 Å². The average molecular weight is 347 g/mol. The molecular formula is C18H25N3O4. The molecular weight excluding hydrogens is 322 g/mol. The second kappa shape index (κ2) is 7.01. The maximum absolute atomic E-state index is 12.9. The van der Waals surface area contributed by atoms with Crippen LogP contribution in [0.2, 0.25) is 0 Å². The summed E-state index contributed by atoms with van der Waals surface area (Å²) >= 11 is 0. The Kier molecular flexibility index (Phi) is 4.96. The van der Waals surface area contributed by atoms with Crippen molar-refractivity contribution in [2.75, 3.05) is 58.9 Å². The minimum atomic E-state index is -0.135. The molecule has 0 aromatic heterocycles. The fraction of sp³-hybridized carbons (Fsp3) is 0.556. The van der Waals surface area contributed by atoms with Crippen LogP contribution in [-0.4, -0.2) is 80.7 Å². The molecule has 1 fully saturated rings. The highest BCUT2D eigenvalue weighted by Gasteiger charge is 2.35. The third-order valence-corrected chi connectivity index (χ3v) is 4.99. The van der Waals surface area contributed by atoms with Crippen LogP contribution in [-0.2, 0) is 4.79 Å². The Balaban J connectivity index is 1.79. The Hall–Kier alpha value is -2.12. The SMILES string of the molecule is CN(C)CC1CN(C(=O)c2ccc3c(c2)N(C)C(=O)CO3)CC1CO. The molecule has 25 heavy (non-hydrogen) atoms. The van der Waals surface area contributed by atoms with Crippen LogP contribution in [0.4, 0.5) is 5.69 Å². The molecule has 2 unspecified atom stereocenters. The van der Waals surface area contributed by atoms with Gasteiger partial charge in [-0.05, 0) is 38.2 Å². The van der Waals surface area contributed by atoms with Gasteiger partial charge in [-0.15, -0.1) is 0 Å². The van der Waals surface area contributed by atoms with E-state index in [4.69, 9.17) is 4.74 Å². The Morgan fingerprint density at radius 1 is 1.32 bits per heavy atom. The standard InChI is InChI=1S/C18H25N3O4/c1-19(2)7-13-8-21(9-14(13)10-22)18(24)12-4-5-16-15(6-12)20(3)17(23)11-25-16/h4-6,13-14,22H,7-11H2,1-3H3. The molecule has 7 heteroatoms. The number of likely N-dealkylation sites (tertiary alicyclic amines) is 1. The predicted molar refractivity (Wildman–Crippen MR) is 93.9 cm³/mol. The summed E-state index contributed by atoms with van der Waals surface area (Å²) in [7, 11) is 5.67. The van der Waals surface area contributed by atoms with Crippen molar-refractivity contribution in [3.05, 3.63) is 23.8 Å². The van der Waals surface area contributed by atoms with Crippen LogP contribution >= 0.6 is 0 Å². The van der Waals surface area contributed by atoms with Gasteiger partial charge < -0.3 is 24.5 Å². The first-order valence-electron chi connectivity index (χ1n) is 8.49. The molecule has 3 rings (SSSR count). The van der Waals surface area contributed by atoms with Crippen LogP contribution in [0.25, 0.3) is 0 Å². The number of carbonyl (C=O) groups is 2. The van der Waals surface area contributed by atoms with Crippen molar-refractivity contribution >= 4 is 17.5 Å². The van der Waals surface area contributed by atoms with Crippen LogP contribution < -0.4 is 9.64 Å². The van der Waals surface area contributed by atoms with Crippen LogP contribution in [0, 0.1) is 11.8 Å². The van der Waals surface area contributed by atoms with Gasteiger partial charge in [0.25, 0.3) is 11.8 Å². The largest absolute Gasteiger partial charge is 0.482 e. The Bertz CT molecular complexity index is 676. The van der Waals surface area contributed by atoms with E-state index in [0.29, 0.717) is 30.1 Å². The van der Waals surface area contributed by atoms with E-state index in [1.165, 1.54) is 4.90 Å². The number of amides is 2. The van der Waals surface area contributed by atoms with E-state index in [1.54, 1.807) is 30.1 Å². The quantitative estimate of drug-likeness (QED) is 0.847. The van der Waals surface area contributed by atoms with E-state index >= 15 is 0 Å². The first-order chi connectivity index (χ1) is 11.9. The van der Waals surface area contributed by atoms with Gasteiger partial charge in [0.1, 0.15) is 5.75 Å². The lowest BCUT2D eigenvalue weighted by Gasteiger charge is -2.26. The second-order valence-electron chi connectivity index (χ2n) is 7.10. The van der Waals surface area contributed by atoms with Crippen LogP contribution in [0.15, 0.2) is 18.2 Å². The molecule has 2 atom stereocenters. The second-order valence-corrected chi connectivity index (χ2v) is 7.10. The van der Waals surface area contributed by atoms with Crippen molar-refractivity contribution in [3.63, 3.8) is 0 Å². The number of aliphatic hydroxyl groups is 1. The number of nitrogens with zero attached hydrogens (tertiary/aromatic N) is 3. The lowest BCUT2D eigenvalue weighted by atomic mass is 9.97. The van der Waals surface area contributed by atoms with Crippen molar-refractivity contribution in [1.29, 1.82) is 0 Å². The van der Waals surface area contributed by atoms with Gasteiger partial charge in [-0.1, -0.05) is 0 Å². The van der Waals surface area contributed by atoms with Crippen molar-refractivity contribution in [2.45, 2.75) is 0 Å². The molecule has 1 aromatic carbocycles. The normalized spacial score (nSPS) is 23.0. The molecule has 2 aliphatic heterocycles. The van der Waals surface area contributed by atoms with E-state index in [2.05, 4.69) is 4.90 Å². The van der Waals surface area contributed by atoms with Crippen LogP contribution in [0.1, 0.15) is 10.4 Å². The fourth-order valence-corrected chi connectivity index (χ4v) is 3.58. The predicted octanol–water partition coefficient (Wildman–Crippen LogP) is 0.284. The molecule has 2 aliphatic rings. The van der Waals surface area contributed by atoms with Gasteiger partial charge in [-0.25, -0.2) is 0 Å². The van der Waals surface area contributed by atoms with Gasteiger partial charge in [0.2, 0.25) is 0 Å². The summed E-state index contributed by atoms with van der Waals surface area (Å²) in [5.74, 6) is 0.753. The summed E-state index contributed by atoms with van der Waals surface area (Å²) < 4.78 is 5.41. The number of likely N-dealkylation sites (N-methyl/N-ethyl adjacent to an activating group) is 1. The van der Waals surface area contributed by atoms with Crippen molar-refractivity contribution in [1.82, 2.24) is 9.80 Å². The maximum Gasteiger partial charge on any atom is 0.264 e. The topological polar surface area (TPSA) is 73.3 Å². The molecule has 1 N–H and O–H groups in total. The van der Waals surface area contributed by atoms with E-state index in [1.807, 2.05) is 14.1 Å². The monoisotopic (exact) mass is 347 g/mol. The van der Waals surface area contributed by atoms with Gasteiger partial charge >= 0.3 is 0 Å². The number of ether oxygens (including phenoxy) is 1. The molecule has 1 aromatic rings. The zero-order valence-corrected chi connectivity index (χ0v) is 14.9. The van der Waals surface area contributed by atoms with E-state index in [0.717, 1.165) is 6.54 Å². The van der Waals surface area contributed by atoms with Crippen molar-refractivity contribution < 1.29 is 19.4 Å². The number of hydrogen-bond donors (Lipinski definition) is 1. The first kappa shape index (κ1) is 17.7. The first-order valence-corrected chi connectivity index (χ1v) is 8.49. The fourth-order valence-electron chi connectivity index (χ4n) is 3.58. The molecule has 0 bridgehead atoms. The number of carbonyl (C=O) groups excluding carboxylic acids is 2. The molecule has 7 nitrogen and oxygen atoms in total. The van der Waals surface area contributed by atoms with Crippen LogP contribution in [0.5, 0.6) is 5.75 Å². The molecule has 136 valence electrons. The lowest BCUT2D eigenvalue weighted by molar-refractivity contribution is -0.120. The number of aliphatic hydroxyl groups excluding tert-OH is 1. The number of fused-ring (bicyclic) bond motifs is 1. The van der Waals surface area contributed by atoms with Gasteiger partial charge in [-0.2, -0.15) is 0 Å². The molecule has 1 saturated heterocycles. The minimum absolute atomic E-state index is 0.0211. The third-order valence-electron chi connectivity index (χ3n) is 4.99. The van der Waals surface area contributed by atoms with Gasteiger partial charge in [0.15, 0.2) is 6.61 Å². The summed E-state index contributed by atoms with van der Waals surface area (Å²) in [5.41, 5.74) is 1.15. The summed E-state index contributed by atoms with van der Waals surface area (Å²) in [4.78, 5) is 30.1. The Morgan fingerprint density at radius 2 is 2.04 bits per heavy atom. The van der Waals surface area contributed by atoms with Gasteiger partial charge in [0, 0.05) is 44.8 Å². The lowest BCUT2D eigenvalue weighted by Crippen LogP contribution is -2.36. The van der Waals surface area contributed by atoms with Gasteiger partial charge in [-0.3, -0.25) is 9.59 Å². The molecule has 2 heterocycles. The maximum atomic E-state index is 12.9. The highest BCUT2D eigenvalue weighted by atomic mass is 16.5. The zero-order valence-electron chi connectivity index (χ0n) is 14.9. The van der Waals surface area contributed by atoms with E-state index in [-0.39, 0.29) is 36.9 Å². The van der Waals surface area contributed by atoms with Crippen molar-refractivity contribution in [2.24, 2.45) is 11.8 Å². The number of benzene rings is 1. The average Bonchev–Trinajstić information content (AvgIpc) is 2.99. The summed E-state index contributed by atoms with van der Waals surface area (Å²) in [6, 6.07) is 5.18. The van der Waals surface area contributed by atoms with E-state index in [9.17, 15) is 14.7 Å².